The third-order valence-corrected chi connectivity index (χ3v) is 8.13. The maximum atomic E-state index is 13.6. The summed E-state index contributed by atoms with van der Waals surface area (Å²) >= 11 is 0. The molecule has 4 rings (SSSR count). The number of aliphatic hydroxyl groups excluding tert-OH is 1. The number of amides is 2. The van der Waals surface area contributed by atoms with Crippen LogP contribution < -0.4 is 10.1 Å². The quantitative estimate of drug-likeness (QED) is 0.155. The fourth-order valence-corrected chi connectivity index (χ4v) is 5.56. The van der Waals surface area contributed by atoms with E-state index in [2.05, 4.69) is 18.5 Å². The molecule has 3 atom stereocenters. The Hall–Kier alpha value is -4.69. The predicted octanol–water partition coefficient (Wildman–Crippen LogP) is 5.33. The smallest absolute Gasteiger partial charge is 0.306 e. The normalized spacial score (nSPS) is 15.2. The molecule has 2 amide bonds. The monoisotopic (exact) mass is 624 g/mol. The number of carbonyl (C=O) groups is 3. The summed E-state index contributed by atoms with van der Waals surface area (Å²) < 4.78 is 11.4. The van der Waals surface area contributed by atoms with Gasteiger partial charge in [-0.1, -0.05) is 78.9 Å². The molecular weight excluding hydrogens is 580 g/mol. The second-order valence-corrected chi connectivity index (χ2v) is 11.6. The molecule has 0 bridgehead atoms. The van der Waals surface area contributed by atoms with E-state index in [0.29, 0.717) is 38.8 Å². The van der Waals surface area contributed by atoms with Gasteiger partial charge in [-0.25, -0.2) is 0 Å². The molecule has 3 aromatic carbocycles. The van der Waals surface area contributed by atoms with Crippen molar-refractivity contribution in [1.82, 2.24) is 10.2 Å². The number of aliphatic hydroxyl groups is 1. The number of nitrogens with one attached hydrogen (secondary N) is 1. The molecule has 0 radical (unpaired) electrons. The minimum atomic E-state index is -0.672. The number of hydrogen-bond donors (Lipinski definition) is 2. The fourth-order valence-electron chi connectivity index (χ4n) is 5.56. The van der Waals surface area contributed by atoms with Crippen molar-refractivity contribution in [2.45, 2.75) is 63.8 Å². The van der Waals surface area contributed by atoms with E-state index in [1.165, 1.54) is 0 Å². The van der Waals surface area contributed by atoms with Crippen molar-refractivity contribution < 1.29 is 29.0 Å². The molecule has 0 saturated carbocycles. The summed E-state index contributed by atoms with van der Waals surface area (Å²) in [6.45, 7) is 8.12. The summed E-state index contributed by atoms with van der Waals surface area (Å²) in [6.07, 6.45) is 5.22. The number of carbonyl (C=O) groups excluding carboxylic acids is 3. The Morgan fingerprint density at radius 1 is 0.935 bits per heavy atom. The average Bonchev–Trinajstić information content (AvgIpc) is 3.08. The Balaban J connectivity index is 1.41. The van der Waals surface area contributed by atoms with Crippen LogP contribution in [0.2, 0.25) is 0 Å². The first-order valence-corrected chi connectivity index (χ1v) is 15.8. The van der Waals surface area contributed by atoms with Crippen LogP contribution in [0.4, 0.5) is 0 Å². The third-order valence-electron chi connectivity index (χ3n) is 8.13. The summed E-state index contributed by atoms with van der Waals surface area (Å²) in [5.41, 5.74) is 4.15. The zero-order chi connectivity index (χ0) is 32.7. The van der Waals surface area contributed by atoms with Crippen LogP contribution in [0, 0.1) is 5.92 Å². The lowest BCUT2D eigenvalue weighted by molar-refractivity contribution is -0.145. The van der Waals surface area contributed by atoms with E-state index < -0.39 is 12.0 Å². The third kappa shape index (κ3) is 10.2. The second kappa shape index (κ2) is 17.7. The van der Waals surface area contributed by atoms with Crippen molar-refractivity contribution in [2.75, 3.05) is 13.2 Å². The highest BCUT2D eigenvalue weighted by Crippen LogP contribution is 2.25. The molecule has 0 saturated heterocycles. The molecule has 1 aliphatic heterocycles. The standard InChI is InChI=1S/C38H44N2O6/c1-3-5-16-37(43)46-27-33(21-28-17-19-35(20-18-28)45-26-29-12-7-6-8-13-29)39-38(44)31(11-4-2)23-36(42)40-24-32-15-10-9-14-30(32)22-34(40)25-41/h3-4,6-10,12-15,17-20,31,33-34,41H,1-2,5,11,16,21-27H2,(H,39,44). The van der Waals surface area contributed by atoms with Crippen LogP contribution in [0.1, 0.15) is 47.9 Å². The van der Waals surface area contributed by atoms with Crippen molar-refractivity contribution in [3.05, 3.63) is 126 Å². The number of hydrogen-bond acceptors (Lipinski definition) is 6. The SMILES string of the molecule is C=CCCC(=O)OCC(Cc1ccc(OCc2ccccc2)cc1)NC(=O)C(CC=C)CC(=O)N1Cc2ccccc2CC1CO. The average molecular weight is 625 g/mol. The molecule has 242 valence electrons. The van der Waals surface area contributed by atoms with Crippen LogP contribution in [0.5, 0.6) is 5.75 Å². The molecule has 1 aliphatic rings. The molecule has 8 nitrogen and oxygen atoms in total. The zero-order valence-corrected chi connectivity index (χ0v) is 26.3. The molecule has 3 unspecified atom stereocenters. The summed E-state index contributed by atoms with van der Waals surface area (Å²) in [5, 5.41) is 13.1. The molecule has 0 fully saturated rings. The molecule has 0 aromatic heterocycles. The molecule has 3 aromatic rings. The van der Waals surface area contributed by atoms with Gasteiger partial charge in [-0.15, -0.1) is 13.2 Å². The van der Waals surface area contributed by atoms with Gasteiger partial charge in [0, 0.05) is 19.4 Å². The number of rotatable bonds is 17. The van der Waals surface area contributed by atoms with Crippen LogP contribution in [0.3, 0.4) is 0 Å². The molecule has 0 aliphatic carbocycles. The highest BCUT2D eigenvalue weighted by Gasteiger charge is 2.32. The maximum absolute atomic E-state index is 13.6. The van der Waals surface area contributed by atoms with Crippen molar-refractivity contribution in [1.29, 1.82) is 0 Å². The molecule has 2 N–H and O–H groups in total. The van der Waals surface area contributed by atoms with E-state index >= 15 is 0 Å². The summed E-state index contributed by atoms with van der Waals surface area (Å²) in [7, 11) is 0. The van der Waals surface area contributed by atoms with Gasteiger partial charge in [0.2, 0.25) is 11.8 Å². The summed E-state index contributed by atoms with van der Waals surface area (Å²) in [5.74, 6) is -0.846. The molecule has 8 heteroatoms. The zero-order valence-electron chi connectivity index (χ0n) is 26.3. The largest absolute Gasteiger partial charge is 0.489 e. The molecule has 0 spiro atoms. The Morgan fingerprint density at radius 2 is 1.65 bits per heavy atom. The first kappa shape index (κ1) is 34.2. The van der Waals surface area contributed by atoms with E-state index in [1.807, 2.05) is 78.9 Å². The lowest BCUT2D eigenvalue weighted by Gasteiger charge is -2.36. The molecular formula is C38H44N2O6. The first-order valence-electron chi connectivity index (χ1n) is 15.8. The molecule has 46 heavy (non-hydrogen) atoms. The minimum Gasteiger partial charge on any atom is -0.489 e. The number of ether oxygens (including phenoxy) is 2. The van der Waals surface area contributed by atoms with E-state index in [4.69, 9.17) is 9.47 Å². The van der Waals surface area contributed by atoms with Gasteiger partial charge in [-0.05, 0) is 60.1 Å². The van der Waals surface area contributed by atoms with Crippen molar-refractivity contribution in [2.24, 2.45) is 5.92 Å². The number of nitrogens with zero attached hydrogens (tertiary/aromatic N) is 1. The lowest BCUT2D eigenvalue weighted by Crippen LogP contribution is -2.48. The highest BCUT2D eigenvalue weighted by molar-refractivity contribution is 5.86. The van der Waals surface area contributed by atoms with Crippen LogP contribution in [0.25, 0.3) is 0 Å². The Labute approximate surface area is 271 Å². The molecule has 1 heterocycles. The second-order valence-electron chi connectivity index (χ2n) is 11.6. The van der Waals surface area contributed by atoms with Crippen LogP contribution in [-0.4, -0.2) is 53.1 Å². The summed E-state index contributed by atoms with van der Waals surface area (Å²) in [6, 6.07) is 24.5. The Kier molecular flexibility index (Phi) is 13.2. The van der Waals surface area contributed by atoms with Gasteiger partial charge in [0.05, 0.1) is 24.6 Å². The summed E-state index contributed by atoms with van der Waals surface area (Å²) in [4.78, 5) is 41.2. The van der Waals surface area contributed by atoms with Gasteiger partial charge in [0.15, 0.2) is 0 Å². The number of benzene rings is 3. The number of allylic oxidation sites excluding steroid dienone is 2. The van der Waals surface area contributed by atoms with Crippen molar-refractivity contribution in [3.63, 3.8) is 0 Å². The lowest BCUT2D eigenvalue weighted by atomic mass is 9.92. The van der Waals surface area contributed by atoms with E-state index in [0.717, 1.165) is 28.0 Å². The number of fused-ring (bicyclic) bond motifs is 1. The van der Waals surface area contributed by atoms with Gasteiger partial charge in [0.25, 0.3) is 0 Å². The van der Waals surface area contributed by atoms with Crippen LogP contribution in [-0.2, 0) is 45.1 Å². The van der Waals surface area contributed by atoms with E-state index in [-0.39, 0.29) is 49.9 Å². The number of esters is 1. The minimum absolute atomic E-state index is 0.0156. The van der Waals surface area contributed by atoms with Crippen molar-refractivity contribution in [3.8, 4) is 5.75 Å². The van der Waals surface area contributed by atoms with Gasteiger partial charge >= 0.3 is 5.97 Å². The van der Waals surface area contributed by atoms with Crippen molar-refractivity contribution >= 4 is 17.8 Å². The van der Waals surface area contributed by atoms with Gasteiger partial charge in [0.1, 0.15) is 19.0 Å². The van der Waals surface area contributed by atoms with Gasteiger partial charge < -0.3 is 24.8 Å². The Bertz CT molecular complexity index is 1460. The first-order chi connectivity index (χ1) is 22.4. The van der Waals surface area contributed by atoms with Gasteiger partial charge in [-0.3, -0.25) is 14.4 Å². The van der Waals surface area contributed by atoms with E-state index in [9.17, 15) is 19.5 Å². The Morgan fingerprint density at radius 3 is 2.35 bits per heavy atom. The van der Waals surface area contributed by atoms with Crippen LogP contribution >= 0.6 is 0 Å². The predicted molar refractivity (Wildman–Crippen MR) is 178 cm³/mol. The fraction of sp³-hybridized carbons (Fsp3) is 0.342. The highest BCUT2D eigenvalue weighted by atomic mass is 16.5. The van der Waals surface area contributed by atoms with Gasteiger partial charge in [-0.2, -0.15) is 0 Å². The topological polar surface area (TPSA) is 105 Å². The maximum Gasteiger partial charge on any atom is 0.306 e. The van der Waals surface area contributed by atoms with E-state index in [1.54, 1.807) is 17.1 Å². The van der Waals surface area contributed by atoms with Crippen LogP contribution in [0.15, 0.2) is 104 Å².